The van der Waals surface area contributed by atoms with Crippen molar-refractivity contribution in [1.29, 1.82) is 0 Å². The average Bonchev–Trinajstić information content (AvgIpc) is 2.99. The molecule has 4 nitrogen and oxygen atoms in total. The first-order valence-electron chi connectivity index (χ1n) is 14.1. The smallest absolute Gasteiger partial charge is 0.175 e. The third-order valence-electron chi connectivity index (χ3n) is 8.30. The van der Waals surface area contributed by atoms with Crippen LogP contribution in [0.25, 0.3) is 0 Å². The van der Waals surface area contributed by atoms with Gasteiger partial charge in [0.05, 0.1) is 14.2 Å². The van der Waals surface area contributed by atoms with Crippen molar-refractivity contribution in [1.82, 2.24) is 0 Å². The van der Waals surface area contributed by atoms with Gasteiger partial charge in [0.25, 0.3) is 0 Å². The molecule has 0 aliphatic carbocycles. The topological polar surface area (TPSA) is 44.8 Å². The van der Waals surface area contributed by atoms with Crippen molar-refractivity contribution < 1.29 is 19.0 Å². The molecule has 0 radical (unpaired) electrons. The van der Waals surface area contributed by atoms with Gasteiger partial charge in [-0.15, -0.1) is 0 Å². The van der Waals surface area contributed by atoms with Crippen LogP contribution in [-0.2, 0) is 15.6 Å². The summed E-state index contributed by atoms with van der Waals surface area (Å²) in [5, 5.41) is 0. The monoisotopic (exact) mass is 550 g/mol. The summed E-state index contributed by atoms with van der Waals surface area (Å²) in [5.41, 5.74) is 4.87. The molecule has 0 saturated heterocycles. The number of Topliss-reactive ketones (excluding diaryl/α,β-unsaturated/α-hetero) is 1. The zero-order valence-corrected chi connectivity index (χ0v) is 25.6. The predicted molar refractivity (Wildman–Crippen MR) is 167 cm³/mol. The number of carbonyl (C=O) groups excluding carboxylic acids is 1. The van der Waals surface area contributed by atoms with Gasteiger partial charge in [0.2, 0.25) is 0 Å². The number of ether oxygens (including phenoxy) is 3. The van der Waals surface area contributed by atoms with Crippen molar-refractivity contribution in [2.75, 3.05) is 20.8 Å². The van der Waals surface area contributed by atoms with E-state index >= 15 is 0 Å². The maximum absolute atomic E-state index is 12.4. The van der Waals surface area contributed by atoms with E-state index in [2.05, 4.69) is 81.4 Å². The van der Waals surface area contributed by atoms with Gasteiger partial charge in [0.15, 0.2) is 5.78 Å². The minimum Gasteiger partial charge on any atom is -0.497 e. The molecule has 214 valence electrons. The van der Waals surface area contributed by atoms with Crippen LogP contribution in [0.15, 0.2) is 97.1 Å². The highest BCUT2D eigenvalue weighted by molar-refractivity contribution is 5.85. The first kappa shape index (κ1) is 29.9. The average molecular weight is 551 g/mol. The molecule has 1 atom stereocenters. The van der Waals surface area contributed by atoms with Crippen LogP contribution in [0.1, 0.15) is 69.4 Å². The molecule has 0 amide bonds. The quantitative estimate of drug-likeness (QED) is 0.186. The Kier molecular flexibility index (Phi) is 8.63. The highest BCUT2D eigenvalue weighted by atomic mass is 16.5. The molecule has 1 unspecified atom stereocenters. The second-order valence-electron chi connectivity index (χ2n) is 12.3. The molecule has 0 fully saturated rings. The Morgan fingerprint density at radius 2 is 0.829 bits per heavy atom. The molecule has 0 heterocycles. The lowest BCUT2D eigenvalue weighted by molar-refractivity contribution is -0.128. The summed E-state index contributed by atoms with van der Waals surface area (Å²) >= 11 is 0. The summed E-state index contributed by atoms with van der Waals surface area (Å²) in [6, 6.07) is 33.6. The SMILES string of the molecule is COc1ccc(C(C)(C)c2ccc(C(C)(c3ccc(OC)cc3)c3ccc(OCC(=O)C(C)(C)C)cc3)cc2)cc1. The van der Waals surface area contributed by atoms with Crippen molar-refractivity contribution in [3.8, 4) is 17.2 Å². The Labute approximate surface area is 245 Å². The van der Waals surface area contributed by atoms with Crippen molar-refractivity contribution in [2.24, 2.45) is 5.41 Å². The lowest BCUT2D eigenvalue weighted by Gasteiger charge is -2.33. The van der Waals surface area contributed by atoms with Gasteiger partial charge in [-0.1, -0.05) is 95.3 Å². The summed E-state index contributed by atoms with van der Waals surface area (Å²) in [5.74, 6) is 2.43. The number of ketones is 1. The Morgan fingerprint density at radius 3 is 1.20 bits per heavy atom. The summed E-state index contributed by atoms with van der Waals surface area (Å²) in [6.45, 7) is 12.5. The van der Waals surface area contributed by atoms with Crippen LogP contribution < -0.4 is 14.2 Å². The Hall–Kier alpha value is -4.05. The molecule has 4 aromatic rings. The van der Waals surface area contributed by atoms with Gasteiger partial charge in [-0.3, -0.25) is 4.79 Å². The predicted octanol–water partition coefficient (Wildman–Crippen LogP) is 8.38. The van der Waals surface area contributed by atoms with E-state index < -0.39 is 10.8 Å². The van der Waals surface area contributed by atoms with E-state index in [1.807, 2.05) is 57.2 Å². The van der Waals surface area contributed by atoms with Crippen LogP contribution in [0.2, 0.25) is 0 Å². The molecule has 0 bridgehead atoms. The number of methoxy groups -OCH3 is 2. The van der Waals surface area contributed by atoms with Gasteiger partial charge >= 0.3 is 0 Å². The van der Waals surface area contributed by atoms with E-state index in [9.17, 15) is 4.79 Å². The molecule has 0 aliphatic rings. The van der Waals surface area contributed by atoms with Crippen molar-refractivity contribution in [3.63, 3.8) is 0 Å². The van der Waals surface area contributed by atoms with Gasteiger partial charge in [0.1, 0.15) is 23.9 Å². The first-order valence-corrected chi connectivity index (χ1v) is 14.1. The highest BCUT2D eigenvalue weighted by Crippen LogP contribution is 2.41. The number of carbonyl (C=O) groups is 1. The number of rotatable bonds is 10. The number of hydrogen-bond donors (Lipinski definition) is 0. The van der Waals surface area contributed by atoms with E-state index in [-0.39, 0.29) is 17.8 Å². The third-order valence-corrected chi connectivity index (χ3v) is 8.30. The Morgan fingerprint density at radius 1 is 0.512 bits per heavy atom. The van der Waals surface area contributed by atoms with Crippen molar-refractivity contribution >= 4 is 5.78 Å². The molecule has 0 aliphatic heterocycles. The van der Waals surface area contributed by atoms with Crippen LogP contribution in [-0.4, -0.2) is 26.6 Å². The van der Waals surface area contributed by atoms with E-state index in [1.165, 1.54) is 16.7 Å². The van der Waals surface area contributed by atoms with Crippen LogP contribution in [0.5, 0.6) is 17.2 Å². The van der Waals surface area contributed by atoms with Gasteiger partial charge in [-0.25, -0.2) is 0 Å². The van der Waals surface area contributed by atoms with Gasteiger partial charge in [-0.2, -0.15) is 0 Å². The molecule has 41 heavy (non-hydrogen) atoms. The molecule has 4 aromatic carbocycles. The Balaban J connectivity index is 1.69. The molecular formula is C37H42O4. The molecule has 0 spiro atoms. The summed E-state index contributed by atoms with van der Waals surface area (Å²) < 4.78 is 16.6. The normalized spacial score (nSPS) is 13.3. The van der Waals surface area contributed by atoms with Gasteiger partial charge in [-0.05, 0) is 71.1 Å². The molecule has 0 saturated carbocycles. The molecule has 4 rings (SSSR count). The fourth-order valence-electron chi connectivity index (χ4n) is 5.07. The summed E-state index contributed by atoms with van der Waals surface area (Å²) in [6.07, 6.45) is 0. The fraction of sp³-hybridized carbons (Fsp3) is 0.324. The second-order valence-corrected chi connectivity index (χ2v) is 12.3. The van der Waals surface area contributed by atoms with Gasteiger partial charge < -0.3 is 14.2 Å². The zero-order chi connectivity index (χ0) is 29.8. The van der Waals surface area contributed by atoms with E-state index in [4.69, 9.17) is 14.2 Å². The zero-order valence-electron chi connectivity index (χ0n) is 25.6. The van der Waals surface area contributed by atoms with E-state index in [0.717, 1.165) is 22.6 Å². The number of benzene rings is 4. The molecule has 0 N–H and O–H groups in total. The summed E-state index contributed by atoms with van der Waals surface area (Å²) in [4.78, 5) is 12.4. The number of hydrogen-bond acceptors (Lipinski definition) is 4. The van der Waals surface area contributed by atoms with Gasteiger partial charge in [0, 0.05) is 16.2 Å². The minimum absolute atomic E-state index is 0.0596. The first-order chi connectivity index (χ1) is 19.4. The molecule has 0 aromatic heterocycles. The highest BCUT2D eigenvalue weighted by Gasteiger charge is 2.32. The standard InChI is InChI=1S/C37H42O4/c1-35(2,3)34(38)25-41-33-23-17-30(18-24-33)37(6,29-15-21-32(40-8)22-16-29)28-11-9-26(10-12-28)36(4,5)27-13-19-31(39-7)20-14-27/h9-24H,25H2,1-8H3. The van der Waals surface area contributed by atoms with Crippen LogP contribution in [0, 0.1) is 5.41 Å². The van der Waals surface area contributed by atoms with E-state index in [0.29, 0.717) is 5.75 Å². The maximum Gasteiger partial charge on any atom is 0.175 e. The largest absolute Gasteiger partial charge is 0.497 e. The minimum atomic E-state index is -0.436. The van der Waals surface area contributed by atoms with Crippen LogP contribution in [0.3, 0.4) is 0 Å². The third kappa shape index (κ3) is 6.32. The van der Waals surface area contributed by atoms with Crippen molar-refractivity contribution in [3.05, 3.63) is 125 Å². The summed E-state index contributed by atoms with van der Waals surface area (Å²) in [7, 11) is 3.37. The maximum atomic E-state index is 12.4. The lowest BCUT2D eigenvalue weighted by atomic mass is 9.70. The van der Waals surface area contributed by atoms with E-state index in [1.54, 1.807) is 14.2 Å². The lowest BCUT2D eigenvalue weighted by Crippen LogP contribution is -2.27. The van der Waals surface area contributed by atoms with Crippen LogP contribution in [0.4, 0.5) is 0 Å². The molecular weight excluding hydrogens is 508 g/mol. The second kappa shape index (κ2) is 11.8. The molecule has 4 heteroatoms. The Bertz CT molecular complexity index is 1440. The van der Waals surface area contributed by atoms with Crippen LogP contribution >= 0.6 is 0 Å². The van der Waals surface area contributed by atoms with Crippen molar-refractivity contribution in [2.45, 2.75) is 52.4 Å². The fourth-order valence-corrected chi connectivity index (χ4v) is 5.07.